The molecule has 0 saturated carbocycles. The molecule has 21 heavy (non-hydrogen) atoms. The smallest absolute Gasteiger partial charge is 0.136 e. The van der Waals surface area contributed by atoms with Gasteiger partial charge in [-0.1, -0.05) is 6.07 Å². The molecule has 0 aliphatic carbocycles. The summed E-state index contributed by atoms with van der Waals surface area (Å²) in [4.78, 5) is 0.964. The minimum absolute atomic E-state index is 0.384. The number of hydrogen-bond acceptors (Lipinski definition) is 4. The number of hydrogen-bond donors (Lipinski definition) is 1. The first-order chi connectivity index (χ1) is 10.1. The van der Waals surface area contributed by atoms with Crippen LogP contribution in [0.1, 0.15) is 0 Å². The Labute approximate surface area is 125 Å². The summed E-state index contributed by atoms with van der Waals surface area (Å²) >= 11 is 1.55. The van der Waals surface area contributed by atoms with Crippen LogP contribution in [0.15, 0.2) is 35.7 Å². The van der Waals surface area contributed by atoms with Crippen LogP contribution in [0.5, 0.6) is 5.75 Å². The highest BCUT2D eigenvalue weighted by Gasteiger charge is 2.20. The monoisotopic (exact) mass is 303 g/mol. The van der Waals surface area contributed by atoms with E-state index >= 15 is 0 Å². The lowest BCUT2D eigenvalue weighted by Gasteiger charge is -2.05. The van der Waals surface area contributed by atoms with Crippen LogP contribution in [0.25, 0.3) is 21.7 Å². The van der Waals surface area contributed by atoms with Gasteiger partial charge in [0, 0.05) is 23.6 Å². The first-order valence-corrected chi connectivity index (χ1v) is 7.20. The molecule has 0 saturated heterocycles. The molecule has 3 rings (SSSR count). The lowest BCUT2D eigenvalue weighted by molar-refractivity contribution is 0.411. The summed E-state index contributed by atoms with van der Waals surface area (Å²) in [5.74, 6) is 0.603. The summed E-state index contributed by atoms with van der Waals surface area (Å²) in [7, 11) is 3.25. The topological polar surface area (TPSA) is 53.1 Å². The van der Waals surface area contributed by atoms with Crippen molar-refractivity contribution in [1.29, 1.82) is 0 Å². The van der Waals surface area contributed by atoms with Gasteiger partial charge in [0.2, 0.25) is 0 Å². The van der Waals surface area contributed by atoms with Crippen molar-refractivity contribution in [1.82, 2.24) is 9.78 Å². The van der Waals surface area contributed by atoms with Gasteiger partial charge in [-0.15, -0.1) is 11.3 Å². The number of nitrogen functional groups attached to an aromatic ring is 1. The van der Waals surface area contributed by atoms with Crippen LogP contribution >= 0.6 is 11.3 Å². The molecule has 0 atom stereocenters. The Morgan fingerprint density at radius 2 is 2.14 bits per heavy atom. The van der Waals surface area contributed by atoms with Gasteiger partial charge in [-0.3, -0.25) is 4.68 Å². The van der Waals surface area contributed by atoms with E-state index in [1.54, 1.807) is 35.2 Å². The van der Waals surface area contributed by atoms with Gasteiger partial charge in [0.25, 0.3) is 0 Å². The highest BCUT2D eigenvalue weighted by molar-refractivity contribution is 7.13. The number of ether oxygens (including phenoxy) is 1. The van der Waals surface area contributed by atoms with Crippen LogP contribution < -0.4 is 10.5 Å². The molecule has 2 heterocycles. The van der Waals surface area contributed by atoms with Crippen molar-refractivity contribution in [3.63, 3.8) is 0 Å². The minimum atomic E-state index is -0.384. The molecule has 0 fully saturated rings. The summed E-state index contributed by atoms with van der Waals surface area (Å²) in [6.45, 7) is 0. The molecule has 2 N–H and O–H groups in total. The molecule has 6 heteroatoms. The van der Waals surface area contributed by atoms with Crippen LogP contribution in [0.4, 0.5) is 10.2 Å². The van der Waals surface area contributed by atoms with E-state index < -0.39 is 0 Å². The van der Waals surface area contributed by atoms with E-state index in [1.807, 2.05) is 17.5 Å². The third kappa shape index (κ3) is 2.27. The van der Waals surface area contributed by atoms with E-state index in [1.165, 1.54) is 13.2 Å². The third-order valence-electron chi connectivity index (χ3n) is 3.29. The summed E-state index contributed by atoms with van der Waals surface area (Å²) in [6, 6.07) is 8.59. The summed E-state index contributed by atoms with van der Waals surface area (Å²) in [5, 5.41) is 6.32. The largest absolute Gasteiger partial charge is 0.497 e. The average Bonchev–Trinajstić information content (AvgIpc) is 3.08. The second-order valence-electron chi connectivity index (χ2n) is 4.56. The van der Waals surface area contributed by atoms with Crippen molar-refractivity contribution in [2.24, 2.45) is 7.05 Å². The van der Waals surface area contributed by atoms with Crippen molar-refractivity contribution in [3.05, 3.63) is 41.5 Å². The molecule has 108 valence electrons. The van der Waals surface area contributed by atoms with Crippen molar-refractivity contribution in [2.45, 2.75) is 0 Å². The number of nitrogens with two attached hydrogens (primary N) is 1. The van der Waals surface area contributed by atoms with Crippen LogP contribution in [0, 0.1) is 5.82 Å². The van der Waals surface area contributed by atoms with Gasteiger partial charge in [-0.25, -0.2) is 4.39 Å². The zero-order valence-electron chi connectivity index (χ0n) is 11.6. The number of nitrogens with zero attached hydrogens (tertiary/aromatic N) is 2. The Bertz CT molecular complexity index is 781. The van der Waals surface area contributed by atoms with E-state index in [-0.39, 0.29) is 5.82 Å². The van der Waals surface area contributed by atoms with Gasteiger partial charge in [0.15, 0.2) is 0 Å². The summed E-state index contributed by atoms with van der Waals surface area (Å²) in [6.07, 6.45) is 0. The second kappa shape index (κ2) is 5.21. The van der Waals surface area contributed by atoms with Crippen molar-refractivity contribution >= 4 is 17.2 Å². The van der Waals surface area contributed by atoms with Crippen molar-refractivity contribution < 1.29 is 9.13 Å². The molecule has 0 spiro atoms. The molecule has 0 aliphatic heterocycles. The van der Waals surface area contributed by atoms with E-state index in [4.69, 9.17) is 10.5 Å². The minimum Gasteiger partial charge on any atom is -0.497 e. The van der Waals surface area contributed by atoms with Gasteiger partial charge in [-0.2, -0.15) is 5.10 Å². The Kier molecular flexibility index (Phi) is 3.39. The molecule has 4 nitrogen and oxygen atoms in total. The number of thiophene rings is 1. The first kappa shape index (κ1) is 13.6. The van der Waals surface area contributed by atoms with Gasteiger partial charge >= 0.3 is 0 Å². The molecule has 0 bridgehead atoms. The normalized spacial score (nSPS) is 10.8. The molecule has 0 unspecified atom stereocenters. The quantitative estimate of drug-likeness (QED) is 0.805. The number of aromatic nitrogens is 2. The van der Waals surface area contributed by atoms with E-state index in [0.29, 0.717) is 22.8 Å². The van der Waals surface area contributed by atoms with E-state index in [2.05, 4.69) is 5.10 Å². The fourth-order valence-corrected chi connectivity index (χ4v) is 2.98. The maximum Gasteiger partial charge on any atom is 0.136 e. The molecule has 0 aliphatic rings. The zero-order valence-corrected chi connectivity index (χ0v) is 12.4. The Hall–Kier alpha value is -2.34. The first-order valence-electron chi connectivity index (χ1n) is 6.32. The fraction of sp³-hybridized carbons (Fsp3) is 0.133. The predicted octanol–water partition coefficient (Wildman–Crippen LogP) is 3.55. The van der Waals surface area contributed by atoms with Crippen LogP contribution in [0.2, 0.25) is 0 Å². The van der Waals surface area contributed by atoms with Crippen LogP contribution in [-0.4, -0.2) is 16.9 Å². The summed E-state index contributed by atoms with van der Waals surface area (Å²) < 4.78 is 20.9. The molecule has 2 aromatic heterocycles. The lowest BCUT2D eigenvalue weighted by atomic mass is 10.1. The number of rotatable bonds is 3. The SMILES string of the molecule is COc1ccc(-c2nn(C)c(N)c2-c2cccs2)c(F)c1. The number of aryl methyl sites for hydroxylation is 1. The number of halogens is 1. The number of methoxy groups -OCH3 is 1. The van der Waals surface area contributed by atoms with Gasteiger partial charge in [-0.05, 0) is 23.6 Å². The average molecular weight is 303 g/mol. The maximum absolute atomic E-state index is 14.3. The lowest BCUT2D eigenvalue weighted by Crippen LogP contribution is -1.97. The maximum atomic E-state index is 14.3. The van der Waals surface area contributed by atoms with E-state index in [0.717, 1.165) is 10.4 Å². The standard InChI is InChI=1S/C15H14FN3OS/c1-19-15(17)13(12-4-3-7-21-12)14(18-19)10-6-5-9(20-2)8-11(10)16/h3-8H,17H2,1-2H3. The van der Waals surface area contributed by atoms with E-state index in [9.17, 15) is 4.39 Å². The third-order valence-corrected chi connectivity index (χ3v) is 4.18. The highest BCUT2D eigenvalue weighted by Crippen LogP contribution is 2.39. The van der Waals surface area contributed by atoms with Gasteiger partial charge in [0.1, 0.15) is 23.1 Å². The Morgan fingerprint density at radius 3 is 2.76 bits per heavy atom. The molecule has 3 aromatic rings. The Morgan fingerprint density at radius 1 is 1.33 bits per heavy atom. The summed E-state index contributed by atoms with van der Waals surface area (Å²) in [5.41, 5.74) is 7.81. The molecular weight excluding hydrogens is 289 g/mol. The molecule has 0 amide bonds. The highest BCUT2D eigenvalue weighted by atomic mass is 32.1. The van der Waals surface area contributed by atoms with Gasteiger partial charge < -0.3 is 10.5 Å². The number of benzene rings is 1. The molecule has 0 radical (unpaired) electrons. The molecule has 1 aromatic carbocycles. The number of anilines is 1. The van der Waals surface area contributed by atoms with Crippen LogP contribution in [-0.2, 0) is 7.05 Å². The molecular formula is C15H14FN3OS. The fourth-order valence-electron chi connectivity index (χ4n) is 2.20. The van der Waals surface area contributed by atoms with Gasteiger partial charge in [0.05, 0.1) is 12.7 Å². The Balaban J connectivity index is 2.22. The zero-order chi connectivity index (χ0) is 15.0. The van der Waals surface area contributed by atoms with Crippen LogP contribution in [0.3, 0.4) is 0 Å². The van der Waals surface area contributed by atoms with Crippen molar-refractivity contribution in [2.75, 3.05) is 12.8 Å². The second-order valence-corrected chi connectivity index (χ2v) is 5.50. The predicted molar refractivity (Wildman–Crippen MR) is 82.9 cm³/mol. The van der Waals surface area contributed by atoms with Crippen molar-refractivity contribution in [3.8, 4) is 27.4 Å².